The molecule has 4 rings (SSSR count). The van der Waals surface area contributed by atoms with E-state index in [0.29, 0.717) is 36.1 Å². The lowest BCUT2D eigenvalue weighted by molar-refractivity contribution is -0.116. The van der Waals surface area contributed by atoms with Gasteiger partial charge in [0, 0.05) is 23.1 Å². The van der Waals surface area contributed by atoms with Crippen molar-refractivity contribution in [3.05, 3.63) is 70.4 Å². The zero-order chi connectivity index (χ0) is 21.3. The van der Waals surface area contributed by atoms with Gasteiger partial charge in [-0.05, 0) is 55.2 Å². The second-order valence-electron chi connectivity index (χ2n) is 7.35. The predicted octanol–water partition coefficient (Wildman–Crippen LogP) is 4.03. The molecular weight excluding hydrogens is 380 g/mol. The third kappa shape index (κ3) is 3.68. The van der Waals surface area contributed by atoms with Crippen LogP contribution in [0.3, 0.4) is 0 Å². The SMILES string of the molecule is CCc1nc2ccccc2c(C)c1C(=O)OCC(=O)c1ccc2c(c1)CCC(=O)N2. The molecule has 0 saturated carbocycles. The minimum Gasteiger partial charge on any atom is -0.454 e. The summed E-state index contributed by atoms with van der Waals surface area (Å²) in [7, 11) is 0. The summed E-state index contributed by atoms with van der Waals surface area (Å²) < 4.78 is 5.38. The summed E-state index contributed by atoms with van der Waals surface area (Å²) in [6.07, 6.45) is 1.57. The molecule has 0 aliphatic carbocycles. The maximum atomic E-state index is 12.8. The molecule has 6 nitrogen and oxygen atoms in total. The van der Waals surface area contributed by atoms with Gasteiger partial charge in [-0.1, -0.05) is 25.1 Å². The van der Waals surface area contributed by atoms with Crippen molar-refractivity contribution in [3.8, 4) is 0 Å². The fourth-order valence-corrected chi connectivity index (χ4v) is 3.81. The molecule has 1 aromatic heterocycles. The van der Waals surface area contributed by atoms with Crippen molar-refractivity contribution in [1.29, 1.82) is 0 Å². The number of aromatic nitrogens is 1. The van der Waals surface area contributed by atoms with Gasteiger partial charge >= 0.3 is 5.97 Å². The molecular formula is C24H22N2O4. The van der Waals surface area contributed by atoms with Crippen LogP contribution < -0.4 is 5.32 Å². The van der Waals surface area contributed by atoms with E-state index in [1.165, 1.54) is 0 Å². The van der Waals surface area contributed by atoms with E-state index in [0.717, 1.165) is 27.7 Å². The molecule has 1 N–H and O–H groups in total. The number of hydrogen-bond donors (Lipinski definition) is 1. The van der Waals surface area contributed by atoms with Crippen molar-refractivity contribution in [1.82, 2.24) is 4.98 Å². The van der Waals surface area contributed by atoms with Gasteiger partial charge in [0.2, 0.25) is 5.91 Å². The van der Waals surface area contributed by atoms with E-state index < -0.39 is 5.97 Å². The molecule has 2 aromatic carbocycles. The standard InChI is InChI=1S/C24H22N2O4/c1-3-18-23(14(2)17-6-4-5-7-20(17)25-18)24(29)30-13-21(27)16-8-10-19-15(12-16)9-11-22(28)26-19/h4-8,10,12H,3,9,11,13H2,1-2H3,(H,26,28). The topological polar surface area (TPSA) is 85.4 Å². The van der Waals surface area contributed by atoms with Gasteiger partial charge in [0.05, 0.1) is 16.8 Å². The summed E-state index contributed by atoms with van der Waals surface area (Å²) in [6.45, 7) is 3.46. The highest BCUT2D eigenvalue weighted by atomic mass is 16.5. The van der Waals surface area contributed by atoms with Crippen LogP contribution in [0.2, 0.25) is 0 Å². The number of hydrogen-bond acceptors (Lipinski definition) is 5. The summed E-state index contributed by atoms with van der Waals surface area (Å²) in [5.74, 6) is -0.852. The Morgan fingerprint density at radius 3 is 2.73 bits per heavy atom. The second-order valence-corrected chi connectivity index (χ2v) is 7.35. The van der Waals surface area contributed by atoms with Gasteiger partial charge in [0.15, 0.2) is 12.4 Å². The van der Waals surface area contributed by atoms with Crippen LogP contribution in [-0.4, -0.2) is 29.3 Å². The number of pyridine rings is 1. The Balaban J connectivity index is 1.53. The van der Waals surface area contributed by atoms with Gasteiger partial charge < -0.3 is 10.1 Å². The van der Waals surface area contributed by atoms with Crippen molar-refractivity contribution < 1.29 is 19.1 Å². The van der Waals surface area contributed by atoms with Crippen LogP contribution in [0.4, 0.5) is 5.69 Å². The molecule has 0 unspecified atom stereocenters. The predicted molar refractivity (Wildman–Crippen MR) is 114 cm³/mol. The van der Waals surface area contributed by atoms with Gasteiger partial charge in [0.1, 0.15) is 0 Å². The highest BCUT2D eigenvalue weighted by Crippen LogP contribution is 2.25. The number of nitrogens with one attached hydrogen (secondary N) is 1. The highest BCUT2D eigenvalue weighted by molar-refractivity contribution is 6.02. The number of carbonyl (C=O) groups is 3. The smallest absolute Gasteiger partial charge is 0.340 e. The number of carbonyl (C=O) groups excluding carboxylic acids is 3. The van der Waals surface area contributed by atoms with E-state index in [-0.39, 0.29) is 18.3 Å². The summed E-state index contributed by atoms with van der Waals surface area (Å²) in [5.41, 5.74) is 4.83. The Labute approximate surface area is 174 Å². The lowest BCUT2D eigenvalue weighted by Gasteiger charge is -2.17. The molecule has 6 heteroatoms. The number of para-hydroxylation sites is 1. The maximum absolute atomic E-state index is 12.8. The number of fused-ring (bicyclic) bond motifs is 2. The van der Waals surface area contributed by atoms with E-state index in [2.05, 4.69) is 10.3 Å². The minimum atomic E-state index is -0.541. The van der Waals surface area contributed by atoms with Gasteiger partial charge in [-0.2, -0.15) is 0 Å². The number of benzene rings is 2. The monoisotopic (exact) mass is 402 g/mol. The van der Waals surface area contributed by atoms with Crippen LogP contribution in [-0.2, 0) is 22.4 Å². The van der Waals surface area contributed by atoms with Crippen LogP contribution in [0.25, 0.3) is 10.9 Å². The zero-order valence-corrected chi connectivity index (χ0v) is 17.0. The fraction of sp³-hybridized carbons (Fsp3) is 0.250. The van der Waals surface area contributed by atoms with Gasteiger partial charge in [-0.15, -0.1) is 0 Å². The summed E-state index contributed by atoms with van der Waals surface area (Å²) >= 11 is 0. The third-order valence-corrected chi connectivity index (χ3v) is 5.42. The number of rotatable bonds is 5. The van der Waals surface area contributed by atoms with E-state index in [4.69, 9.17) is 4.74 Å². The Kier molecular flexibility index (Phi) is 5.31. The summed E-state index contributed by atoms with van der Waals surface area (Å²) in [4.78, 5) is 41.5. The molecule has 0 fully saturated rings. The second kappa shape index (κ2) is 8.06. The van der Waals surface area contributed by atoms with Crippen LogP contribution in [0, 0.1) is 6.92 Å². The van der Waals surface area contributed by atoms with E-state index in [1.807, 2.05) is 38.1 Å². The normalized spacial score (nSPS) is 12.9. The van der Waals surface area contributed by atoms with Crippen LogP contribution in [0.5, 0.6) is 0 Å². The van der Waals surface area contributed by atoms with Crippen molar-refractivity contribution >= 4 is 34.3 Å². The molecule has 0 spiro atoms. The van der Waals surface area contributed by atoms with Crippen molar-refractivity contribution in [2.45, 2.75) is 33.1 Å². The van der Waals surface area contributed by atoms with Crippen LogP contribution in [0.1, 0.15) is 50.9 Å². The number of ether oxygens (including phenoxy) is 1. The van der Waals surface area contributed by atoms with E-state index in [1.54, 1.807) is 18.2 Å². The molecule has 0 bridgehead atoms. The molecule has 1 amide bonds. The lowest BCUT2D eigenvalue weighted by Crippen LogP contribution is -2.20. The Hall–Kier alpha value is -3.54. The maximum Gasteiger partial charge on any atom is 0.340 e. The molecule has 152 valence electrons. The number of nitrogens with zero attached hydrogens (tertiary/aromatic N) is 1. The zero-order valence-electron chi connectivity index (χ0n) is 17.0. The Bertz CT molecular complexity index is 1180. The molecule has 0 radical (unpaired) electrons. The van der Waals surface area contributed by atoms with Crippen LogP contribution >= 0.6 is 0 Å². The molecule has 3 aromatic rings. The Morgan fingerprint density at radius 2 is 1.93 bits per heavy atom. The number of aryl methyl sites for hydroxylation is 3. The lowest BCUT2D eigenvalue weighted by atomic mass is 9.99. The average molecular weight is 402 g/mol. The number of esters is 1. The van der Waals surface area contributed by atoms with E-state index in [9.17, 15) is 14.4 Å². The van der Waals surface area contributed by atoms with Crippen molar-refractivity contribution in [2.24, 2.45) is 0 Å². The number of Topliss-reactive ketones (excluding diaryl/α,β-unsaturated/α-hetero) is 1. The number of ketones is 1. The quantitative estimate of drug-likeness (QED) is 0.514. The molecule has 2 heterocycles. The van der Waals surface area contributed by atoms with Crippen molar-refractivity contribution in [3.63, 3.8) is 0 Å². The first-order chi connectivity index (χ1) is 14.5. The van der Waals surface area contributed by atoms with Gasteiger partial charge in [-0.25, -0.2) is 4.79 Å². The largest absolute Gasteiger partial charge is 0.454 e. The fourth-order valence-electron chi connectivity index (χ4n) is 3.81. The van der Waals surface area contributed by atoms with Gasteiger partial charge in [0.25, 0.3) is 0 Å². The average Bonchev–Trinajstić information content (AvgIpc) is 2.76. The summed E-state index contributed by atoms with van der Waals surface area (Å²) in [5, 5.41) is 3.68. The summed E-state index contributed by atoms with van der Waals surface area (Å²) in [6, 6.07) is 12.8. The molecule has 1 aliphatic heterocycles. The third-order valence-electron chi connectivity index (χ3n) is 5.42. The van der Waals surface area contributed by atoms with Gasteiger partial charge in [-0.3, -0.25) is 14.6 Å². The Morgan fingerprint density at radius 1 is 1.13 bits per heavy atom. The minimum absolute atomic E-state index is 0.0263. The molecule has 1 aliphatic rings. The van der Waals surface area contributed by atoms with E-state index >= 15 is 0 Å². The van der Waals surface area contributed by atoms with Crippen molar-refractivity contribution in [2.75, 3.05) is 11.9 Å². The first-order valence-electron chi connectivity index (χ1n) is 9.99. The molecule has 0 atom stereocenters. The number of anilines is 1. The molecule has 0 saturated heterocycles. The highest BCUT2D eigenvalue weighted by Gasteiger charge is 2.21. The molecule has 30 heavy (non-hydrogen) atoms. The first-order valence-corrected chi connectivity index (χ1v) is 9.99. The number of amides is 1. The first kappa shape index (κ1) is 19.8. The van der Waals surface area contributed by atoms with Crippen LogP contribution in [0.15, 0.2) is 42.5 Å².